The fraction of sp³-hybridized carbons (Fsp3) is 0.167. The lowest BCUT2D eigenvalue weighted by molar-refractivity contribution is 0.311. The van der Waals surface area contributed by atoms with E-state index >= 15 is 0 Å². The molecule has 0 atom stereocenters. The van der Waals surface area contributed by atoms with Crippen molar-refractivity contribution in [3.05, 3.63) is 42.7 Å². The minimum atomic E-state index is 0.0732. The molecule has 2 N–H and O–H groups in total. The Morgan fingerprint density at radius 1 is 1.00 bits per heavy atom. The van der Waals surface area contributed by atoms with E-state index in [-0.39, 0.29) is 6.61 Å². The van der Waals surface area contributed by atoms with Gasteiger partial charge in [0.15, 0.2) is 0 Å². The van der Waals surface area contributed by atoms with E-state index in [0.29, 0.717) is 12.5 Å². The molecule has 16 heavy (non-hydrogen) atoms. The Morgan fingerprint density at radius 2 is 1.69 bits per heavy atom. The first-order chi connectivity index (χ1) is 7.90. The topological polar surface area (TPSA) is 58.0 Å². The SMILES string of the molecule is OCCNc1ncc(-c2ccccc2)cn1. The summed E-state index contributed by atoms with van der Waals surface area (Å²) in [7, 11) is 0. The van der Waals surface area contributed by atoms with E-state index in [9.17, 15) is 0 Å². The molecule has 4 heteroatoms. The average Bonchev–Trinajstić information content (AvgIpc) is 2.38. The van der Waals surface area contributed by atoms with Gasteiger partial charge in [0.05, 0.1) is 6.61 Å². The number of nitrogens with one attached hydrogen (secondary N) is 1. The molecule has 2 aromatic rings. The molecular weight excluding hydrogens is 202 g/mol. The lowest BCUT2D eigenvalue weighted by atomic mass is 10.1. The summed E-state index contributed by atoms with van der Waals surface area (Å²) in [6, 6.07) is 9.96. The third-order valence-corrected chi connectivity index (χ3v) is 2.15. The summed E-state index contributed by atoms with van der Waals surface area (Å²) in [6.07, 6.45) is 3.53. The maximum absolute atomic E-state index is 8.64. The van der Waals surface area contributed by atoms with E-state index in [4.69, 9.17) is 5.11 Å². The van der Waals surface area contributed by atoms with E-state index in [0.717, 1.165) is 11.1 Å². The predicted molar refractivity (Wildman–Crippen MR) is 63.0 cm³/mol. The second-order valence-electron chi connectivity index (χ2n) is 3.31. The minimum Gasteiger partial charge on any atom is -0.395 e. The zero-order valence-electron chi connectivity index (χ0n) is 8.80. The largest absolute Gasteiger partial charge is 0.395 e. The van der Waals surface area contributed by atoms with Crippen molar-refractivity contribution in [1.29, 1.82) is 0 Å². The van der Waals surface area contributed by atoms with Crippen LogP contribution < -0.4 is 5.32 Å². The Bertz CT molecular complexity index is 428. The van der Waals surface area contributed by atoms with Crippen LogP contribution in [0.3, 0.4) is 0 Å². The monoisotopic (exact) mass is 215 g/mol. The molecule has 0 aliphatic rings. The van der Waals surface area contributed by atoms with E-state index in [1.165, 1.54) is 0 Å². The molecule has 0 saturated carbocycles. The van der Waals surface area contributed by atoms with Crippen LogP contribution in [0, 0.1) is 0 Å². The lowest BCUT2D eigenvalue weighted by Crippen LogP contribution is -2.08. The van der Waals surface area contributed by atoms with Crippen molar-refractivity contribution >= 4 is 5.95 Å². The fourth-order valence-electron chi connectivity index (χ4n) is 1.37. The van der Waals surface area contributed by atoms with Crippen LogP contribution in [0.25, 0.3) is 11.1 Å². The summed E-state index contributed by atoms with van der Waals surface area (Å²) >= 11 is 0. The predicted octanol–water partition coefficient (Wildman–Crippen LogP) is 1.55. The van der Waals surface area contributed by atoms with Crippen LogP contribution in [0.4, 0.5) is 5.95 Å². The number of hydrogen-bond donors (Lipinski definition) is 2. The molecule has 1 aromatic carbocycles. The van der Waals surface area contributed by atoms with Crippen molar-refractivity contribution in [2.24, 2.45) is 0 Å². The van der Waals surface area contributed by atoms with Gasteiger partial charge in [-0.2, -0.15) is 0 Å². The molecule has 0 amide bonds. The summed E-state index contributed by atoms with van der Waals surface area (Å²) in [5.41, 5.74) is 2.08. The number of nitrogens with zero attached hydrogens (tertiary/aromatic N) is 2. The maximum Gasteiger partial charge on any atom is 0.222 e. The van der Waals surface area contributed by atoms with Crippen LogP contribution in [-0.4, -0.2) is 28.2 Å². The highest BCUT2D eigenvalue weighted by molar-refractivity contribution is 5.61. The number of aliphatic hydroxyl groups excluding tert-OH is 1. The van der Waals surface area contributed by atoms with Crippen molar-refractivity contribution in [2.75, 3.05) is 18.5 Å². The summed E-state index contributed by atoms with van der Waals surface area (Å²) in [6.45, 7) is 0.536. The molecule has 2 rings (SSSR count). The Hall–Kier alpha value is -1.94. The van der Waals surface area contributed by atoms with Gasteiger partial charge < -0.3 is 10.4 Å². The van der Waals surface area contributed by atoms with E-state index in [1.54, 1.807) is 12.4 Å². The van der Waals surface area contributed by atoms with Gasteiger partial charge in [0, 0.05) is 24.5 Å². The first kappa shape index (κ1) is 10.6. The van der Waals surface area contributed by atoms with Crippen molar-refractivity contribution < 1.29 is 5.11 Å². The highest BCUT2D eigenvalue weighted by Gasteiger charge is 1.98. The number of benzene rings is 1. The van der Waals surface area contributed by atoms with Crippen molar-refractivity contribution in [3.63, 3.8) is 0 Å². The third-order valence-electron chi connectivity index (χ3n) is 2.15. The normalized spacial score (nSPS) is 10.1. The molecule has 4 nitrogen and oxygen atoms in total. The van der Waals surface area contributed by atoms with E-state index in [1.807, 2.05) is 30.3 Å². The van der Waals surface area contributed by atoms with Crippen LogP contribution >= 0.6 is 0 Å². The van der Waals surface area contributed by atoms with Crippen LogP contribution in [0.15, 0.2) is 42.7 Å². The second kappa shape index (κ2) is 5.23. The molecule has 0 bridgehead atoms. The number of aromatic nitrogens is 2. The van der Waals surface area contributed by atoms with E-state index < -0.39 is 0 Å². The zero-order valence-corrected chi connectivity index (χ0v) is 8.80. The average molecular weight is 215 g/mol. The van der Waals surface area contributed by atoms with Crippen molar-refractivity contribution in [2.45, 2.75) is 0 Å². The number of aliphatic hydroxyl groups is 1. The van der Waals surface area contributed by atoms with Crippen LogP contribution in [0.2, 0.25) is 0 Å². The Labute approximate surface area is 94.0 Å². The summed E-state index contributed by atoms with van der Waals surface area (Å²) < 4.78 is 0. The Morgan fingerprint density at radius 3 is 2.31 bits per heavy atom. The van der Waals surface area contributed by atoms with Crippen LogP contribution in [0.1, 0.15) is 0 Å². The zero-order chi connectivity index (χ0) is 11.2. The highest BCUT2D eigenvalue weighted by atomic mass is 16.3. The standard InChI is InChI=1S/C12H13N3O/c16-7-6-13-12-14-8-11(9-15-12)10-4-2-1-3-5-10/h1-5,8-9,16H,6-7H2,(H,13,14,15). The molecule has 0 fully saturated rings. The lowest BCUT2D eigenvalue weighted by Gasteiger charge is -2.03. The molecule has 1 aromatic heterocycles. The number of rotatable bonds is 4. The van der Waals surface area contributed by atoms with Gasteiger partial charge in [-0.3, -0.25) is 0 Å². The Balaban J connectivity index is 2.13. The van der Waals surface area contributed by atoms with Gasteiger partial charge in [-0.05, 0) is 5.56 Å². The fourth-order valence-corrected chi connectivity index (χ4v) is 1.37. The maximum atomic E-state index is 8.64. The molecule has 0 spiro atoms. The molecule has 0 unspecified atom stereocenters. The van der Waals surface area contributed by atoms with Gasteiger partial charge in [0.25, 0.3) is 0 Å². The molecule has 1 heterocycles. The first-order valence-electron chi connectivity index (χ1n) is 5.12. The van der Waals surface area contributed by atoms with Crippen molar-refractivity contribution in [1.82, 2.24) is 9.97 Å². The second-order valence-corrected chi connectivity index (χ2v) is 3.31. The molecule has 0 aliphatic carbocycles. The first-order valence-corrected chi connectivity index (χ1v) is 5.12. The van der Waals surface area contributed by atoms with Gasteiger partial charge in [-0.15, -0.1) is 0 Å². The summed E-state index contributed by atoms with van der Waals surface area (Å²) in [5, 5.41) is 11.5. The highest BCUT2D eigenvalue weighted by Crippen LogP contribution is 2.16. The molecular formula is C12H13N3O. The molecule has 0 radical (unpaired) electrons. The summed E-state index contributed by atoms with van der Waals surface area (Å²) in [4.78, 5) is 8.32. The molecule has 0 saturated heterocycles. The van der Waals surface area contributed by atoms with Gasteiger partial charge in [-0.25, -0.2) is 9.97 Å². The van der Waals surface area contributed by atoms with Gasteiger partial charge >= 0.3 is 0 Å². The number of anilines is 1. The van der Waals surface area contributed by atoms with Crippen LogP contribution in [0.5, 0.6) is 0 Å². The summed E-state index contributed by atoms with van der Waals surface area (Å²) in [5.74, 6) is 0.536. The van der Waals surface area contributed by atoms with Crippen molar-refractivity contribution in [3.8, 4) is 11.1 Å². The number of hydrogen-bond acceptors (Lipinski definition) is 4. The quantitative estimate of drug-likeness (QED) is 0.812. The van der Waals surface area contributed by atoms with Crippen LogP contribution in [-0.2, 0) is 0 Å². The van der Waals surface area contributed by atoms with Gasteiger partial charge in [-0.1, -0.05) is 30.3 Å². The minimum absolute atomic E-state index is 0.0732. The smallest absolute Gasteiger partial charge is 0.222 e. The van der Waals surface area contributed by atoms with E-state index in [2.05, 4.69) is 15.3 Å². The third kappa shape index (κ3) is 2.55. The molecule has 0 aliphatic heterocycles. The van der Waals surface area contributed by atoms with Gasteiger partial charge in [0.1, 0.15) is 0 Å². The Kier molecular flexibility index (Phi) is 3.46. The van der Waals surface area contributed by atoms with Gasteiger partial charge in [0.2, 0.25) is 5.95 Å². The molecule has 82 valence electrons.